The summed E-state index contributed by atoms with van der Waals surface area (Å²) in [5.41, 5.74) is 0.758. The lowest BCUT2D eigenvalue weighted by atomic mass is 10.1. The van der Waals surface area contributed by atoms with Gasteiger partial charge in [0.1, 0.15) is 17.4 Å². The first-order valence-electron chi connectivity index (χ1n) is 9.02. The van der Waals surface area contributed by atoms with Gasteiger partial charge in [-0.3, -0.25) is 19.5 Å². The van der Waals surface area contributed by atoms with Crippen molar-refractivity contribution < 1.29 is 14.3 Å². The van der Waals surface area contributed by atoms with E-state index in [1.165, 1.54) is 15.9 Å². The Labute approximate surface area is 175 Å². The van der Waals surface area contributed by atoms with Crippen molar-refractivity contribution in [3.63, 3.8) is 0 Å². The van der Waals surface area contributed by atoms with Crippen LogP contribution in [-0.2, 0) is 11.3 Å². The number of methoxy groups -OCH3 is 2. The third-order valence-corrected chi connectivity index (χ3v) is 5.29. The molecule has 0 aliphatic heterocycles. The smallest absolute Gasteiger partial charge is 0.262 e. The van der Waals surface area contributed by atoms with E-state index in [4.69, 9.17) is 9.47 Å². The standard InChI is InChI=1S/C21H18N4O4S/c1-28-12-18-23-24-21(30-18)22-19(26)17-11-25(13-7-9-14(29-2)10-8-13)20(27)16-6-4-3-5-15(16)17/h3-11H,12H2,1-2H3,(H,22,24,26). The van der Waals surface area contributed by atoms with Gasteiger partial charge >= 0.3 is 0 Å². The molecule has 30 heavy (non-hydrogen) atoms. The van der Waals surface area contributed by atoms with Crippen molar-refractivity contribution >= 4 is 33.1 Å². The van der Waals surface area contributed by atoms with Gasteiger partial charge < -0.3 is 9.47 Å². The number of rotatable bonds is 6. The average Bonchev–Trinajstić information content (AvgIpc) is 3.21. The lowest BCUT2D eigenvalue weighted by Gasteiger charge is -2.12. The second kappa shape index (κ2) is 8.44. The summed E-state index contributed by atoms with van der Waals surface area (Å²) in [6.45, 7) is 0.318. The molecule has 2 heterocycles. The number of hydrogen-bond acceptors (Lipinski definition) is 7. The molecule has 0 spiro atoms. The molecule has 4 aromatic rings. The number of fused-ring (bicyclic) bond motifs is 1. The average molecular weight is 422 g/mol. The van der Waals surface area contributed by atoms with Crippen LogP contribution in [0.1, 0.15) is 15.4 Å². The fourth-order valence-corrected chi connectivity index (χ4v) is 3.76. The lowest BCUT2D eigenvalue weighted by Crippen LogP contribution is -2.22. The third-order valence-electron chi connectivity index (χ3n) is 4.47. The molecule has 0 saturated heterocycles. The van der Waals surface area contributed by atoms with Crippen molar-refractivity contribution in [1.29, 1.82) is 0 Å². The normalized spacial score (nSPS) is 10.9. The lowest BCUT2D eigenvalue weighted by molar-refractivity contribution is 0.102. The van der Waals surface area contributed by atoms with Crippen molar-refractivity contribution in [2.45, 2.75) is 6.61 Å². The summed E-state index contributed by atoms with van der Waals surface area (Å²) in [7, 11) is 3.14. The van der Waals surface area contributed by atoms with Gasteiger partial charge in [0.05, 0.1) is 12.7 Å². The maximum absolute atomic E-state index is 13.1. The minimum absolute atomic E-state index is 0.217. The third kappa shape index (κ3) is 3.80. The number of hydrogen-bond donors (Lipinski definition) is 1. The zero-order valence-corrected chi connectivity index (χ0v) is 17.1. The second-order valence-corrected chi connectivity index (χ2v) is 7.41. The topological polar surface area (TPSA) is 95.3 Å². The Morgan fingerprint density at radius 2 is 1.80 bits per heavy atom. The molecule has 9 heteroatoms. The Morgan fingerprint density at radius 1 is 1.07 bits per heavy atom. The number of carbonyl (C=O) groups excluding carboxylic acids is 1. The van der Waals surface area contributed by atoms with E-state index in [0.29, 0.717) is 44.5 Å². The number of nitrogens with one attached hydrogen (secondary N) is 1. The van der Waals surface area contributed by atoms with Gasteiger partial charge in [-0.1, -0.05) is 29.5 Å². The van der Waals surface area contributed by atoms with Crippen LogP contribution in [0.3, 0.4) is 0 Å². The number of nitrogens with zero attached hydrogens (tertiary/aromatic N) is 3. The fraction of sp³-hybridized carbons (Fsp3) is 0.143. The molecule has 0 fully saturated rings. The first kappa shape index (κ1) is 19.7. The summed E-state index contributed by atoms with van der Waals surface area (Å²) in [6.07, 6.45) is 1.54. The molecule has 0 bridgehead atoms. The number of ether oxygens (including phenoxy) is 2. The summed E-state index contributed by atoms with van der Waals surface area (Å²) in [5, 5.41) is 12.7. The van der Waals surface area contributed by atoms with Crippen molar-refractivity contribution in [1.82, 2.24) is 14.8 Å². The highest BCUT2D eigenvalue weighted by Crippen LogP contribution is 2.22. The summed E-state index contributed by atoms with van der Waals surface area (Å²) in [6, 6.07) is 14.1. The van der Waals surface area contributed by atoms with E-state index in [9.17, 15) is 9.59 Å². The van der Waals surface area contributed by atoms with E-state index in [0.717, 1.165) is 0 Å². The molecule has 2 aromatic heterocycles. The van der Waals surface area contributed by atoms with Gasteiger partial charge in [0, 0.05) is 29.8 Å². The van der Waals surface area contributed by atoms with Crippen LogP contribution in [0.5, 0.6) is 5.75 Å². The quantitative estimate of drug-likeness (QED) is 0.513. The summed E-state index contributed by atoms with van der Waals surface area (Å²) in [5.74, 6) is 0.294. The van der Waals surface area contributed by atoms with Crippen LogP contribution in [0.2, 0.25) is 0 Å². The van der Waals surface area contributed by atoms with Crippen LogP contribution in [-0.4, -0.2) is 34.9 Å². The Bertz CT molecular complexity index is 1260. The molecule has 0 unspecified atom stereocenters. The second-order valence-electron chi connectivity index (χ2n) is 6.35. The number of amides is 1. The van der Waals surface area contributed by atoms with Crippen molar-refractivity contribution in [2.24, 2.45) is 0 Å². The Morgan fingerprint density at radius 3 is 2.50 bits per heavy atom. The molecule has 0 aliphatic carbocycles. The molecular formula is C21H18N4O4S. The molecule has 1 N–H and O–H groups in total. The zero-order chi connectivity index (χ0) is 21.1. The predicted octanol–water partition coefficient (Wildman–Crippen LogP) is 3.25. The van der Waals surface area contributed by atoms with Gasteiger partial charge in [-0.15, -0.1) is 10.2 Å². The van der Waals surface area contributed by atoms with Crippen LogP contribution in [0.4, 0.5) is 5.13 Å². The maximum atomic E-state index is 13.1. The highest BCUT2D eigenvalue weighted by molar-refractivity contribution is 7.15. The molecule has 0 aliphatic rings. The van der Waals surface area contributed by atoms with E-state index in [2.05, 4.69) is 15.5 Å². The van der Waals surface area contributed by atoms with Crippen molar-refractivity contribution in [3.8, 4) is 11.4 Å². The number of pyridine rings is 1. The van der Waals surface area contributed by atoms with E-state index in [1.807, 2.05) is 0 Å². The largest absolute Gasteiger partial charge is 0.497 e. The highest BCUT2D eigenvalue weighted by Gasteiger charge is 2.17. The van der Waals surface area contributed by atoms with Crippen molar-refractivity contribution in [2.75, 3.05) is 19.5 Å². The molecule has 2 aromatic carbocycles. The molecule has 0 radical (unpaired) electrons. The van der Waals surface area contributed by atoms with Crippen LogP contribution in [0.25, 0.3) is 16.5 Å². The van der Waals surface area contributed by atoms with Gasteiger partial charge in [-0.05, 0) is 30.3 Å². The molecule has 8 nitrogen and oxygen atoms in total. The van der Waals surface area contributed by atoms with Gasteiger partial charge in [-0.25, -0.2) is 0 Å². The fourth-order valence-electron chi connectivity index (χ4n) is 3.06. The van der Waals surface area contributed by atoms with E-state index in [1.54, 1.807) is 68.9 Å². The van der Waals surface area contributed by atoms with Crippen LogP contribution >= 0.6 is 11.3 Å². The summed E-state index contributed by atoms with van der Waals surface area (Å²) in [4.78, 5) is 26.1. The Kier molecular flexibility index (Phi) is 5.55. The van der Waals surface area contributed by atoms with Crippen LogP contribution < -0.4 is 15.6 Å². The first-order valence-corrected chi connectivity index (χ1v) is 9.84. The van der Waals surface area contributed by atoms with E-state index in [-0.39, 0.29) is 11.5 Å². The Hall–Kier alpha value is -3.56. The minimum Gasteiger partial charge on any atom is -0.497 e. The van der Waals surface area contributed by atoms with Gasteiger partial charge in [0.25, 0.3) is 11.5 Å². The van der Waals surface area contributed by atoms with E-state index >= 15 is 0 Å². The molecule has 0 saturated carbocycles. The zero-order valence-electron chi connectivity index (χ0n) is 16.3. The molecule has 0 atom stereocenters. The number of carbonyl (C=O) groups is 1. The first-order chi connectivity index (χ1) is 14.6. The number of aromatic nitrogens is 3. The summed E-state index contributed by atoms with van der Waals surface area (Å²) < 4.78 is 11.7. The van der Waals surface area contributed by atoms with E-state index < -0.39 is 0 Å². The molecule has 4 rings (SSSR count). The van der Waals surface area contributed by atoms with Crippen molar-refractivity contribution in [3.05, 3.63) is 75.7 Å². The molecular weight excluding hydrogens is 404 g/mol. The van der Waals surface area contributed by atoms with Gasteiger partial charge in [0.2, 0.25) is 5.13 Å². The van der Waals surface area contributed by atoms with Crippen LogP contribution in [0.15, 0.2) is 59.5 Å². The number of anilines is 1. The molecule has 152 valence electrons. The maximum Gasteiger partial charge on any atom is 0.262 e. The highest BCUT2D eigenvalue weighted by atomic mass is 32.1. The minimum atomic E-state index is -0.381. The SMILES string of the molecule is COCc1nnc(NC(=O)c2cn(-c3ccc(OC)cc3)c(=O)c3ccccc23)s1. The molecule has 1 amide bonds. The predicted molar refractivity (Wildman–Crippen MR) is 115 cm³/mol. The van der Waals surface area contributed by atoms with Crippen LogP contribution in [0, 0.1) is 0 Å². The monoisotopic (exact) mass is 422 g/mol. The Balaban J connectivity index is 1.78. The van der Waals surface area contributed by atoms with Gasteiger partial charge in [0.15, 0.2) is 0 Å². The summed E-state index contributed by atoms with van der Waals surface area (Å²) >= 11 is 1.23. The van der Waals surface area contributed by atoms with Gasteiger partial charge in [-0.2, -0.15) is 0 Å². The number of benzene rings is 2.